The van der Waals surface area contributed by atoms with Crippen molar-refractivity contribution in [2.75, 3.05) is 12.5 Å². The van der Waals surface area contributed by atoms with Crippen molar-refractivity contribution in [3.63, 3.8) is 0 Å². The molecule has 0 aliphatic rings. The summed E-state index contributed by atoms with van der Waals surface area (Å²) in [7, 11) is 0. The van der Waals surface area contributed by atoms with Gasteiger partial charge in [0.2, 0.25) is 0 Å². The van der Waals surface area contributed by atoms with Gasteiger partial charge in [-0.25, -0.2) is 0 Å². The number of alkyl halides is 1. The molecule has 0 N–H and O–H groups in total. The van der Waals surface area contributed by atoms with Crippen LogP contribution in [0.15, 0.2) is 36.4 Å². The van der Waals surface area contributed by atoms with Crippen molar-refractivity contribution < 1.29 is 4.74 Å². The Morgan fingerprint density at radius 3 is 2.25 bits per heavy atom. The van der Waals surface area contributed by atoms with E-state index in [0.29, 0.717) is 12.5 Å². The third-order valence-electron chi connectivity index (χ3n) is 2.32. The van der Waals surface area contributed by atoms with E-state index in [4.69, 9.17) is 16.3 Å². The van der Waals surface area contributed by atoms with Crippen LogP contribution < -0.4 is 4.74 Å². The molecule has 0 aliphatic carbocycles. The first-order valence-electron chi connectivity index (χ1n) is 5.48. The lowest BCUT2D eigenvalue weighted by Crippen LogP contribution is -2.10. The van der Waals surface area contributed by atoms with Crippen molar-refractivity contribution in [1.82, 2.24) is 0 Å². The van der Waals surface area contributed by atoms with E-state index in [9.17, 15) is 0 Å². The Bertz CT molecular complexity index is 333. The van der Waals surface area contributed by atoms with Gasteiger partial charge >= 0.3 is 0 Å². The molecule has 88 valence electrons. The summed E-state index contributed by atoms with van der Waals surface area (Å²) in [5.74, 6) is 1.43. The molecule has 0 saturated carbocycles. The van der Waals surface area contributed by atoms with Gasteiger partial charge in [-0.3, -0.25) is 0 Å². The lowest BCUT2D eigenvalue weighted by atomic mass is 9.87. The van der Waals surface area contributed by atoms with Gasteiger partial charge in [-0.15, -0.1) is 11.6 Å². The highest BCUT2D eigenvalue weighted by molar-refractivity contribution is 6.18. The first-order valence-corrected chi connectivity index (χ1v) is 6.02. The maximum absolute atomic E-state index is 5.53. The molecule has 0 spiro atoms. The fourth-order valence-electron chi connectivity index (χ4n) is 1.33. The van der Waals surface area contributed by atoms with E-state index in [0.717, 1.165) is 5.75 Å². The van der Waals surface area contributed by atoms with Gasteiger partial charge in [0.25, 0.3) is 0 Å². The Morgan fingerprint density at radius 1 is 1.12 bits per heavy atom. The molecule has 0 bridgehead atoms. The van der Waals surface area contributed by atoms with Crippen LogP contribution in [0.4, 0.5) is 0 Å². The van der Waals surface area contributed by atoms with Crippen LogP contribution in [0.5, 0.6) is 5.75 Å². The van der Waals surface area contributed by atoms with Crippen molar-refractivity contribution in [1.29, 1.82) is 0 Å². The van der Waals surface area contributed by atoms with Gasteiger partial charge in [-0.1, -0.05) is 45.1 Å². The minimum absolute atomic E-state index is 0.192. The van der Waals surface area contributed by atoms with Gasteiger partial charge in [0.15, 0.2) is 0 Å². The van der Waals surface area contributed by atoms with Crippen LogP contribution in [-0.2, 0) is 5.41 Å². The van der Waals surface area contributed by atoms with E-state index in [2.05, 4.69) is 32.9 Å². The normalized spacial score (nSPS) is 12.0. The summed E-state index contributed by atoms with van der Waals surface area (Å²) in [6.07, 6.45) is 3.80. The predicted molar refractivity (Wildman–Crippen MR) is 70.5 cm³/mol. The molecule has 16 heavy (non-hydrogen) atoms. The van der Waals surface area contributed by atoms with Crippen LogP contribution in [0, 0.1) is 0 Å². The molecule has 2 heteroatoms. The number of hydrogen-bond acceptors (Lipinski definition) is 1. The Balaban J connectivity index is 2.55. The molecular formula is C14H19ClO. The molecule has 0 fully saturated rings. The number of allylic oxidation sites excluding steroid dienone is 1. The minimum atomic E-state index is 0.192. The van der Waals surface area contributed by atoms with Gasteiger partial charge in [-0.2, -0.15) is 0 Å². The summed E-state index contributed by atoms with van der Waals surface area (Å²) in [5, 5.41) is 0. The van der Waals surface area contributed by atoms with Crippen LogP contribution >= 0.6 is 11.6 Å². The summed E-state index contributed by atoms with van der Waals surface area (Å²) in [4.78, 5) is 0. The standard InChI is InChI=1S/C14H19ClO/c1-14(2,3)12-6-8-13(9-7-12)16-11-5-4-10-15/h4-9H,10-11H2,1-3H3. The zero-order valence-corrected chi connectivity index (χ0v) is 10.9. The average Bonchev–Trinajstić information content (AvgIpc) is 2.24. The molecule has 1 aromatic rings. The minimum Gasteiger partial charge on any atom is -0.490 e. The summed E-state index contributed by atoms with van der Waals surface area (Å²) in [6, 6.07) is 8.24. The molecule has 0 unspecified atom stereocenters. The van der Waals surface area contributed by atoms with Gasteiger partial charge < -0.3 is 4.74 Å². The maximum atomic E-state index is 5.53. The Morgan fingerprint density at radius 2 is 1.75 bits per heavy atom. The highest BCUT2D eigenvalue weighted by atomic mass is 35.5. The molecule has 1 rings (SSSR count). The second-order valence-electron chi connectivity index (χ2n) is 4.71. The van der Waals surface area contributed by atoms with Crippen LogP contribution in [0.3, 0.4) is 0 Å². The van der Waals surface area contributed by atoms with E-state index in [1.54, 1.807) is 0 Å². The molecule has 1 aromatic carbocycles. The van der Waals surface area contributed by atoms with Gasteiger partial charge in [0, 0.05) is 5.88 Å². The second-order valence-corrected chi connectivity index (χ2v) is 5.02. The molecule has 1 nitrogen and oxygen atoms in total. The van der Waals surface area contributed by atoms with Gasteiger partial charge in [-0.05, 0) is 23.1 Å². The average molecular weight is 239 g/mol. The molecule has 0 heterocycles. The number of benzene rings is 1. The van der Waals surface area contributed by atoms with Crippen molar-refractivity contribution in [2.45, 2.75) is 26.2 Å². The summed E-state index contributed by atoms with van der Waals surface area (Å²) < 4.78 is 5.53. The van der Waals surface area contributed by atoms with E-state index in [1.807, 2.05) is 24.3 Å². The van der Waals surface area contributed by atoms with E-state index < -0.39 is 0 Å². The third kappa shape index (κ3) is 4.28. The van der Waals surface area contributed by atoms with E-state index in [-0.39, 0.29) is 5.41 Å². The van der Waals surface area contributed by atoms with Crippen LogP contribution in [0.25, 0.3) is 0 Å². The van der Waals surface area contributed by atoms with Crippen LogP contribution in [0.2, 0.25) is 0 Å². The predicted octanol–water partition coefficient (Wildman–Crippen LogP) is 4.16. The summed E-state index contributed by atoms with van der Waals surface area (Å²) >= 11 is 5.51. The SMILES string of the molecule is CC(C)(C)c1ccc(OCC=CCCl)cc1. The lowest BCUT2D eigenvalue weighted by molar-refractivity contribution is 0.362. The molecule has 0 atom stereocenters. The highest BCUT2D eigenvalue weighted by Gasteiger charge is 2.12. The first kappa shape index (κ1) is 13.1. The zero-order chi connectivity index (χ0) is 12.0. The van der Waals surface area contributed by atoms with Crippen molar-refractivity contribution >= 4 is 11.6 Å². The Labute approximate surface area is 103 Å². The summed E-state index contributed by atoms with van der Waals surface area (Å²) in [6.45, 7) is 7.17. The molecular weight excluding hydrogens is 220 g/mol. The third-order valence-corrected chi connectivity index (χ3v) is 2.50. The highest BCUT2D eigenvalue weighted by Crippen LogP contribution is 2.24. The van der Waals surface area contributed by atoms with Crippen LogP contribution in [-0.4, -0.2) is 12.5 Å². The Hall–Kier alpha value is -0.950. The fourth-order valence-corrected chi connectivity index (χ4v) is 1.45. The smallest absolute Gasteiger partial charge is 0.119 e. The fraction of sp³-hybridized carbons (Fsp3) is 0.429. The quantitative estimate of drug-likeness (QED) is 0.566. The van der Waals surface area contributed by atoms with Crippen molar-refractivity contribution in [2.24, 2.45) is 0 Å². The molecule has 0 radical (unpaired) electrons. The maximum Gasteiger partial charge on any atom is 0.119 e. The summed E-state index contributed by atoms with van der Waals surface area (Å²) in [5.41, 5.74) is 1.51. The monoisotopic (exact) mass is 238 g/mol. The van der Waals surface area contributed by atoms with E-state index >= 15 is 0 Å². The van der Waals surface area contributed by atoms with E-state index in [1.165, 1.54) is 5.56 Å². The number of hydrogen-bond donors (Lipinski definition) is 0. The van der Waals surface area contributed by atoms with Crippen LogP contribution in [0.1, 0.15) is 26.3 Å². The molecule has 0 aliphatic heterocycles. The largest absolute Gasteiger partial charge is 0.490 e. The number of halogens is 1. The topological polar surface area (TPSA) is 9.23 Å². The molecule has 0 aromatic heterocycles. The number of ether oxygens (including phenoxy) is 1. The van der Waals surface area contributed by atoms with Gasteiger partial charge in [0.1, 0.15) is 12.4 Å². The first-order chi connectivity index (χ1) is 7.54. The number of rotatable bonds is 4. The van der Waals surface area contributed by atoms with Crippen molar-refractivity contribution in [3.05, 3.63) is 42.0 Å². The Kier molecular flexibility index (Phi) is 4.88. The molecule has 0 amide bonds. The van der Waals surface area contributed by atoms with Gasteiger partial charge in [0.05, 0.1) is 0 Å². The second kappa shape index (κ2) is 5.95. The lowest BCUT2D eigenvalue weighted by Gasteiger charge is -2.19. The zero-order valence-electron chi connectivity index (χ0n) is 10.2. The van der Waals surface area contributed by atoms with Crippen molar-refractivity contribution in [3.8, 4) is 5.75 Å². The molecule has 0 saturated heterocycles.